The van der Waals surface area contributed by atoms with Gasteiger partial charge in [0.05, 0.1) is 7.11 Å². The van der Waals surface area contributed by atoms with Crippen LogP contribution in [0.3, 0.4) is 0 Å². The average molecular weight is 305 g/mol. The van der Waals surface area contributed by atoms with Crippen molar-refractivity contribution in [3.05, 3.63) is 29.8 Å². The number of nitrogens with zero attached hydrogens (tertiary/aromatic N) is 1. The number of piperidine rings is 1. The van der Waals surface area contributed by atoms with Crippen LogP contribution in [-0.4, -0.2) is 35.6 Å². The molecule has 2 rings (SSSR count). The van der Waals surface area contributed by atoms with Crippen LogP contribution >= 0.6 is 0 Å². The summed E-state index contributed by atoms with van der Waals surface area (Å²) in [4.78, 5) is 18.3. The zero-order chi connectivity index (χ0) is 16.4. The van der Waals surface area contributed by atoms with Crippen LogP contribution < -0.4 is 4.74 Å². The topological polar surface area (TPSA) is 38.8 Å². The highest BCUT2D eigenvalue weighted by Crippen LogP contribution is 2.38. The van der Waals surface area contributed by atoms with Gasteiger partial charge in [-0.1, -0.05) is 0 Å². The van der Waals surface area contributed by atoms with E-state index in [2.05, 4.69) is 27.7 Å². The van der Waals surface area contributed by atoms with Gasteiger partial charge in [0.25, 0.3) is 0 Å². The Hall–Kier alpha value is -1.39. The van der Waals surface area contributed by atoms with Gasteiger partial charge in [0, 0.05) is 16.6 Å². The van der Waals surface area contributed by atoms with Crippen LogP contribution in [0.15, 0.2) is 24.3 Å². The van der Waals surface area contributed by atoms with Crippen molar-refractivity contribution in [1.29, 1.82) is 0 Å². The smallest absolute Gasteiger partial charge is 0.190 e. The van der Waals surface area contributed by atoms with Gasteiger partial charge in [-0.25, -0.2) is 0 Å². The normalized spacial score (nSPS) is 20.6. The number of hydroxylamine groups is 2. The Morgan fingerprint density at radius 3 is 2.14 bits per heavy atom. The van der Waals surface area contributed by atoms with Crippen molar-refractivity contribution < 1.29 is 14.4 Å². The standard InChI is InChI=1S/C18H27NO3/c1-17(2)11-6-12-18(3,4)19(17)22-13-16(20)14-7-9-15(21-5)10-8-14/h7-10H,6,11-13H2,1-5H3. The monoisotopic (exact) mass is 305 g/mol. The van der Waals surface area contributed by atoms with Gasteiger partial charge >= 0.3 is 0 Å². The molecule has 0 bridgehead atoms. The Bertz CT molecular complexity index is 504. The van der Waals surface area contributed by atoms with Crippen LogP contribution in [0.1, 0.15) is 57.3 Å². The summed E-state index contributed by atoms with van der Waals surface area (Å²) >= 11 is 0. The third-order valence-corrected chi connectivity index (χ3v) is 4.41. The number of methoxy groups -OCH3 is 1. The largest absolute Gasteiger partial charge is 0.497 e. The third kappa shape index (κ3) is 3.68. The molecule has 122 valence electrons. The van der Waals surface area contributed by atoms with Crippen LogP contribution in [0.5, 0.6) is 5.75 Å². The van der Waals surface area contributed by atoms with Crippen LogP contribution in [0, 0.1) is 0 Å². The molecule has 1 heterocycles. The maximum Gasteiger partial charge on any atom is 0.190 e. The summed E-state index contributed by atoms with van der Waals surface area (Å²) in [6.45, 7) is 8.76. The van der Waals surface area contributed by atoms with Gasteiger partial charge in [-0.05, 0) is 71.2 Å². The van der Waals surface area contributed by atoms with Crippen LogP contribution in [0.25, 0.3) is 0 Å². The van der Waals surface area contributed by atoms with Gasteiger partial charge in [-0.3, -0.25) is 9.63 Å². The Balaban J connectivity index is 2.02. The molecule has 0 aliphatic carbocycles. The van der Waals surface area contributed by atoms with Gasteiger partial charge in [-0.15, -0.1) is 0 Å². The van der Waals surface area contributed by atoms with E-state index in [-0.39, 0.29) is 23.5 Å². The summed E-state index contributed by atoms with van der Waals surface area (Å²) in [7, 11) is 1.61. The first-order chi connectivity index (χ1) is 10.3. The molecule has 4 heteroatoms. The van der Waals surface area contributed by atoms with Gasteiger partial charge in [0.2, 0.25) is 0 Å². The molecule has 0 unspecified atom stereocenters. The average Bonchev–Trinajstić information content (AvgIpc) is 2.45. The zero-order valence-corrected chi connectivity index (χ0v) is 14.3. The molecular weight excluding hydrogens is 278 g/mol. The number of hydrogen-bond donors (Lipinski definition) is 0. The summed E-state index contributed by atoms with van der Waals surface area (Å²) in [6.07, 6.45) is 3.34. The van der Waals surface area contributed by atoms with Crippen molar-refractivity contribution in [3.63, 3.8) is 0 Å². The van der Waals surface area contributed by atoms with Crippen molar-refractivity contribution in [3.8, 4) is 5.75 Å². The van der Waals surface area contributed by atoms with E-state index in [9.17, 15) is 4.79 Å². The maximum atomic E-state index is 12.3. The quantitative estimate of drug-likeness (QED) is 0.775. The molecule has 1 aromatic carbocycles. The molecule has 0 aromatic heterocycles. The van der Waals surface area contributed by atoms with Crippen molar-refractivity contribution >= 4 is 5.78 Å². The predicted molar refractivity (Wildman–Crippen MR) is 87.1 cm³/mol. The minimum atomic E-state index is -0.0536. The Labute approximate surface area is 133 Å². The summed E-state index contributed by atoms with van der Waals surface area (Å²) < 4.78 is 5.11. The number of rotatable bonds is 5. The first-order valence-corrected chi connectivity index (χ1v) is 7.87. The summed E-state index contributed by atoms with van der Waals surface area (Å²) in [5, 5.41) is 2.02. The number of hydrogen-bond acceptors (Lipinski definition) is 4. The second-order valence-corrected chi connectivity index (χ2v) is 7.20. The van der Waals surface area contributed by atoms with E-state index in [0.717, 1.165) is 18.6 Å². The minimum Gasteiger partial charge on any atom is -0.497 e. The summed E-state index contributed by atoms with van der Waals surface area (Å²) in [5.74, 6) is 0.732. The number of Topliss-reactive ketones (excluding diaryl/α,β-unsaturated/α-hetero) is 1. The molecule has 1 aromatic rings. The number of carbonyl (C=O) groups is 1. The zero-order valence-electron chi connectivity index (χ0n) is 14.3. The lowest BCUT2D eigenvalue weighted by Gasteiger charge is -2.51. The van der Waals surface area contributed by atoms with E-state index < -0.39 is 0 Å². The molecule has 1 aliphatic rings. The van der Waals surface area contributed by atoms with Gasteiger partial charge in [0.1, 0.15) is 12.4 Å². The maximum absolute atomic E-state index is 12.3. The Morgan fingerprint density at radius 2 is 1.64 bits per heavy atom. The van der Waals surface area contributed by atoms with Crippen LogP contribution in [-0.2, 0) is 4.84 Å². The molecule has 1 saturated heterocycles. The fraction of sp³-hybridized carbons (Fsp3) is 0.611. The predicted octanol–water partition coefficient (Wildman–Crippen LogP) is 3.85. The van der Waals surface area contributed by atoms with E-state index in [1.807, 2.05) is 5.06 Å². The molecule has 1 aliphatic heterocycles. The molecule has 0 N–H and O–H groups in total. The molecule has 0 saturated carbocycles. The van der Waals surface area contributed by atoms with Crippen molar-refractivity contribution in [2.45, 2.75) is 58.0 Å². The highest BCUT2D eigenvalue weighted by molar-refractivity contribution is 5.97. The van der Waals surface area contributed by atoms with Crippen LogP contribution in [0.4, 0.5) is 0 Å². The highest BCUT2D eigenvalue weighted by atomic mass is 16.7. The number of carbonyl (C=O) groups excluding carboxylic acids is 1. The molecule has 0 radical (unpaired) electrons. The summed E-state index contributed by atoms with van der Waals surface area (Å²) in [5.41, 5.74) is 0.539. The first kappa shape index (κ1) is 17.0. The molecule has 0 atom stereocenters. The molecular formula is C18H27NO3. The van der Waals surface area contributed by atoms with E-state index in [0.29, 0.717) is 5.56 Å². The molecule has 4 nitrogen and oxygen atoms in total. The summed E-state index contributed by atoms with van der Waals surface area (Å²) in [6, 6.07) is 7.14. The van der Waals surface area contributed by atoms with E-state index >= 15 is 0 Å². The van der Waals surface area contributed by atoms with Crippen molar-refractivity contribution in [2.24, 2.45) is 0 Å². The van der Waals surface area contributed by atoms with Crippen LogP contribution in [0.2, 0.25) is 0 Å². The number of ketones is 1. The molecule has 0 amide bonds. The lowest BCUT2D eigenvalue weighted by molar-refractivity contribution is -0.273. The highest BCUT2D eigenvalue weighted by Gasteiger charge is 2.42. The molecule has 0 spiro atoms. The second kappa shape index (κ2) is 6.39. The number of ether oxygens (including phenoxy) is 1. The lowest BCUT2D eigenvalue weighted by atomic mass is 9.82. The van der Waals surface area contributed by atoms with E-state index in [1.54, 1.807) is 31.4 Å². The first-order valence-electron chi connectivity index (χ1n) is 7.87. The van der Waals surface area contributed by atoms with Gasteiger partial charge in [0.15, 0.2) is 5.78 Å². The second-order valence-electron chi connectivity index (χ2n) is 7.20. The van der Waals surface area contributed by atoms with Gasteiger partial charge < -0.3 is 4.74 Å². The van der Waals surface area contributed by atoms with E-state index in [1.165, 1.54) is 6.42 Å². The lowest BCUT2D eigenvalue weighted by Crippen LogP contribution is -2.58. The van der Waals surface area contributed by atoms with E-state index in [4.69, 9.17) is 9.57 Å². The Morgan fingerprint density at radius 1 is 1.09 bits per heavy atom. The number of benzene rings is 1. The fourth-order valence-corrected chi connectivity index (χ4v) is 3.31. The van der Waals surface area contributed by atoms with Crippen molar-refractivity contribution in [1.82, 2.24) is 5.06 Å². The fourth-order valence-electron chi connectivity index (χ4n) is 3.31. The van der Waals surface area contributed by atoms with Gasteiger partial charge in [-0.2, -0.15) is 5.06 Å². The third-order valence-electron chi connectivity index (χ3n) is 4.41. The Kier molecular flexibility index (Phi) is 4.93. The molecule has 1 fully saturated rings. The van der Waals surface area contributed by atoms with Crippen molar-refractivity contribution in [2.75, 3.05) is 13.7 Å². The minimum absolute atomic E-state index is 0.0140. The molecule has 22 heavy (non-hydrogen) atoms. The SMILES string of the molecule is COc1ccc(C(=O)CON2C(C)(C)CCCC2(C)C)cc1.